The number of methoxy groups -OCH3 is 2. The molecule has 0 aliphatic heterocycles. The average Bonchev–Trinajstić information content (AvgIpc) is 2.66. The number of hydrogen-bond acceptors (Lipinski definition) is 7. The van der Waals surface area contributed by atoms with Crippen molar-refractivity contribution in [2.75, 3.05) is 26.1 Å². The van der Waals surface area contributed by atoms with E-state index in [0.29, 0.717) is 5.02 Å². The highest BCUT2D eigenvalue weighted by Crippen LogP contribution is 2.29. The van der Waals surface area contributed by atoms with Gasteiger partial charge < -0.3 is 19.5 Å². The summed E-state index contributed by atoms with van der Waals surface area (Å²) in [7, 11) is 2.69. The lowest BCUT2D eigenvalue weighted by Gasteiger charge is -2.11. The molecule has 2 aromatic carbocycles. The fourth-order valence-corrected chi connectivity index (χ4v) is 2.30. The Hall–Kier alpha value is -3.33. The van der Waals surface area contributed by atoms with E-state index in [0.717, 1.165) is 0 Å². The van der Waals surface area contributed by atoms with Gasteiger partial charge in [-0.2, -0.15) is 0 Å². The summed E-state index contributed by atoms with van der Waals surface area (Å²) in [6.45, 7) is -0.589. The lowest BCUT2D eigenvalue weighted by Crippen LogP contribution is -2.21. The third-order valence-electron chi connectivity index (χ3n) is 3.39. The van der Waals surface area contributed by atoms with Gasteiger partial charge in [0, 0.05) is 11.1 Å². The third-order valence-corrected chi connectivity index (χ3v) is 3.62. The molecule has 2 aromatic rings. The third kappa shape index (κ3) is 5.08. The molecule has 0 aromatic heterocycles. The van der Waals surface area contributed by atoms with Gasteiger partial charge in [-0.1, -0.05) is 11.6 Å². The molecule has 27 heavy (non-hydrogen) atoms. The lowest BCUT2D eigenvalue weighted by molar-refractivity contribution is -0.384. The predicted molar refractivity (Wildman–Crippen MR) is 96.6 cm³/mol. The summed E-state index contributed by atoms with van der Waals surface area (Å²) in [5.74, 6) is -1.10. The molecule has 0 unspecified atom stereocenters. The number of halogens is 1. The zero-order valence-electron chi connectivity index (χ0n) is 14.4. The molecular weight excluding hydrogens is 380 g/mol. The van der Waals surface area contributed by atoms with Crippen molar-refractivity contribution >= 4 is 34.9 Å². The van der Waals surface area contributed by atoms with E-state index in [1.54, 1.807) is 6.07 Å². The molecule has 1 amide bonds. The lowest BCUT2D eigenvalue weighted by atomic mass is 10.2. The predicted octanol–water partition coefficient (Wildman–Crippen LogP) is 3.06. The Labute approximate surface area is 158 Å². The summed E-state index contributed by atoms with van der Waals surface area (Å²) in [5, 5.41) is 13.5. The minimum absolute atomic E-state index is 0.0747. The summed E-state index contributed by atoms with van der Waals surface area (Å²) in [4.78, 5) is 34.3. The fraction of sp³-hybridized carbons (Fsp3) is 0.176. The molecule has 0 saturated heterocycles. The van der Waals surface area contributed by atoms with Gasteiger partial charge in [0.05, 0.1) is 30.9 Å². The highest BCUT2D eigenvalue weighted by Gasteiger charge is 2.17. The van der Waals surface area contributed by atoms with Crippen LogP contribution in [0.2, 0.25) is 5.02 Å². The second-order valence-electron chi connectivity index (χ2n) is 5.11. The van der Waals surface area contributed by atoms with Crippen LogP contribution in [-0.4, -0.2) is 37.6 Å². The van der Waals surface area contributed by atoms with E-state index in [4.69, 9.17) is 25.8 Å². The fourth-order valence-electron chi connectivity index (χ4n) is 2.13. The first-order valence-corrected chi connectivity index (χ1v) is 7.86. The highest BCUT2D eigenvalue weighted by molar-refractivity contribution is 6.31. The molecule has 0 aliphatic rings. The Bertz CT molecular complexity index is 886. The van der Waals surface area contributed by atoms with E-state index in [1.807, 2.05) is 0 Å². The van der Waals surface area contributed by atoms with Crippen LogP contribution in [0, 0.1) is 10.1 Å². The normalized spacial score (nSPS) is 10.0. The summed E-state index contributed by atoms with van der Waals surface area (Å²) in [5.41, 5.74) is 0.0829. The van der Waals surface area contributed by atoms with Gasteiger partial charge in [-0.15, -0.1) is 0 Å². The van der Waals surface area contributed by atoms with Gasteiger partial charge in [0.25, 0.3) is 11.6 Å². The van der Waals surface area contributed by atoms with Crippen molar-refractivity contribution in [2.24, 2.45) is 0 Å². The van der Waals surface area contributed by atoms with Crippen LogP contribution in [0.15, 0.2) is 36.4 Å². The maximum Gasteiger partial charge on any atom is 0.342 e. The number of carbonyl (C=O) groups excluding carboxylic acids is 2. The molecule has 0 atom stereocenters. The van der Waals surface area contributed by atoms with Crippen molar-refractivity contribution in [1.29, 1.82) is 0 Å². The molecule has 1 N–H and O–H groups in total. The van der Waals surface area contributed by atoms with Gasteiger partial charge >= 0.3 is 5.97 Å². The first kappa shape index (κ1) is 20.0. The molecule has 9 nitrogen and oxygen atoms in total. The largest absolute Gasteiger partial charge is 0.496 e. The van der Waals surface area contributed by atoms with E-state index >= 15 is 0 Å². The average molecular weight is 395 g/mol. The Morgan fingerprint density at radius 3 is 2.44 bits per heavy atom. The van der Waals surface area contributed by atoms with Crippen molar-refractivity contribution in [2.45, 2.75) is 0 Å². The first-order valence-electron chi connectivity index (χ1n) is 7.48. The van der Waals surface area contributed by atoms with Crippen molar-refractivity contribution in [3.63, 3.8) is 0 Å². The van der Waals surface area contributed by atoms with Gasteiger partial charge in [0.2, 0.25) is 0 Å². The van der Waals surface area contributed by atoms with Gasteiger partial charge in [-0.25, -0.2) is 4.79 Å². The quantitative estimate of drug-likeness (QED) is 0.435. The summed E-state index contributed by atoms with van der Waals surface area (Å²) < 4.78 is 15.0. The highest BCUT2D eigenvalue weighted by atomic mass is 35.5. The minimum atomic E-state index is -0.792. The van der Waals surface area contributed by atoms with Gasteiger partial charge in [0.1, 0.15) is 17.1 Å². The second-order valence-corrected chi connectivity index (χ2v) is 5.55. The smallest absolute Gasteiger partial charge is 0.342 e. The Balaban J connectivity index is 2.03. The monoisotopic (exact) mass is 394 g/mol. The molecule has 0 heterocycles. The SMILES string of the molecule is COc1cc([N+](=O)[O-])ccc1NC(=O)COC(=O)c1cc(Cl)ccc1OC. The number of nitro groups is 1. The first-order chi connectivity index (χ1) is 12.8. The minimum Gasteiger partial charge on any atom is -0.496 e. The second kappa shape index (κ2) is 8.86. The molecular formula is C17H15ClN2O7. The number of ether oxygens (including phenoxy) is 3. The van der Waals surface area contributed by atoms with Crippen LogP contribution in [0.1, 0.15) is 10.4 Å². The summed E-state index contributed by atoms with van der Waals surface area (Å²) in [6.07, 6.45) is 0. The zero-order chi connectivity index (χ0) is 20.0. The number of rotatable bonds is 7. The van der Waals surface area contributed by atoms with Crippen LogP contribution in [0.5, 0.6) is 11.5 Å². The number of non-ortho nitro benzene ring substituents is 1. The maximum absolute atomic E-state index is 12.1. The van der Waals surface area contributed by atoms with Crippen molar-refractivity contribution in [1.82, 2.24) is 0 Å². The van der Waals surface area contributed by atoms with Gasteiger partial charge in [0.15, 0.2) is 6.61 Å². The Morgan fingerprint density at radius 2 is 1.81 bits per heavy atom. The molecule has 0 radical (unpaired) electrons. The Morgan fingerprint density at radius 1 is 1.11 bits per heavy atom. The zero-order valence-corrected chi connectivity index (χ0v) is 15.1. The number of nitrogens with zero attached hydrogens (tertiary/aromatic N) is 1. The molecule has 2 rings (SSSR count). The van der Waals surface area contributed by atoms with E-state index < -0.39 is 23.4 Å². The van der Waals surface area contributed by atoms with Crippen LogP contribution >= 0.6 is 11.6 Å². The van der Waals surface area contributed by atoms with Crippen LogP contribution in [0.3, 0.4) is 0 Å². The number of amides is 1. The van der Waals surface area contributed by atoms with E-state index in [1.165, 1.54) is 44.6 Å². The maximum atomic E-state index is 12.1. The molecule has 0 saturated carbocycles. The standard InChI is InChI=1S/C17H15ClN2O7/c1-25-14-6-3-10(18)7-12(14)17(22)27-9-16(21)19-13-5-4-11(20(23)24)8-15(13)26-2/h3-8H,9H2,1-2H3,(H,19,21). The number of benzene rings is 2. The summed E-state index contributed by atoms with van der Waals surface area (Å²) >= 11 is 5.85. The van der Waals surface area contributed by atoms with Crippen LogP contribution in [-0.2, 0) is 9.53 Å². The number of esters is 1. The summed E-state index contributed by atoms with van der Waals surface area (Å²) in [6, 6.07) is 8.10. The molecule has 142 valence electrons. The van der Waals surface area contributed by atoms with Crippen molar-refractivity contribution < 1.29 is 28.7 Å². The number of nitrogens with one attached hydrogen (secondary N) is 1. The van der Waals surface area contributed by atoms with Crippen LogP contribution < -0.4 is 14.8 Å². The van der Waals surface area contributed by atoms with E-state index in [-0.39, 0.29) is 28.4 Å². The molecule has 0 aliphatic carbocycles. The van der Waals surface area contributed by atoms with E-state index in [9.17, 15) is 19.7 Å². The number of anilines is 1. The molecule has 0 fully saturated rings. The van der Waals surface area contributed by atoms with Gasteiger partial charge in [-0.05, 0) is 24.3 Å². The van der Waals surface area contributed by atoms with Crippen LogP contribution in [0.25, 0.3) is 0 Å². The van der Waals surface area contributed by atoms with Crippen LogP contribution in [0.4, 0.5) is 11.4 Å². The number of nitro benzene ring substituents is 1. The van der Waals surface area contributed by atoms with Crippen molar-refractivity contribution in [3.05, 3.63) is 57.1 Å². The Kier molecular flexibility index (Phi) is 6.56. The molecule has 0 bridgehead atoms. The van der Waals surface area contributed by atoms with Gasteiger partial charge in [-0.3, -0.25) is 14.9 Å². The number of carbonyl (C=O) groups is 2. The molecule has 10 heteroatoms. The topological polar surface area (TPSA) is 117 Å². The molecule has 0 spiro atoms. The van der Waals surface area contributed by atoms with Crippen molar-refractivity contribution in [3.8, 4) is 11.5 Å². The van der Waals surface area contributed by atoms with E-state index in [2.05, 4.69) is 5.32 Å². The number of hydrogen-bond donors (Lipinski definition) is 1.